The molecule has 1 aromatic heterocycles. The largest absolute Gasteiger partial charge is 0.461 e. The van der Waals surface area contributed by atoms with Gasteiger partial charge < -0.3 is 19.9 Å². The molecule has 0 unspecified atom stereocenters. The van der Waals surface area contributed by atoms with E-state index in [1.165, 1.54) is 0 Å². The molecule has 1 fully saturated rings. The van der Waals surface area contributed by atoms with Crippen molar-refractivity contribution in [2.45, 2.75) is 33.6 Å². The molecule has 0 atom stereocenters. The fourth-order valence-corrected chi connectivity index (χ4v) is 3.75. The monoisotopic (exact) mass is 441 g/mol. The van der Waals surface area contributed by atoms with Crippen molar-refractivity contribution in [2.75, 3.05) is 38.1 Å². The van der Waals surface area contributed by atoms with Gasteiger partial charge in [0, 0.05) is 44.0 Å². The molecule has 32 heavy (non-hydrogen) atoms. The van der Waals surface area contributed by atoms with Crippen LogP contribution in [0.15, 0.2) is 36.5 Å². The van der Waals surface area contributed by atoms with Gasteiger partial charge in [-0.15, -0.1) is 0 Å². The van der Waals surface area contributed by atoms with Crippen LogP contribution < -0.4 is 5.32 Å². The van der Waals surface area contributed by atoms with Crippen LogP contribution in [0.1, 0.15) is 44.1 Å². The molecule has 2 aromatic rings. The van der Waals surface area contributed by atoms with E-state index in [9.17, 15) is 14.4 Å². The van der Waals surface area contributed by atoms with E-state index in [-0.39, 0.29) is 23.6 Å². The number of benzene rings is 1. The summed E-state index contributed by atoms with van der Waals surface area (Å²) >= 11 is 0. The highest BCUT2D eigenvalue weighted by Gasteiger charge is 2.28. The van der Waals surface area contributed by atoms with Crippen LogP contribution in [-0.4, -0.2) is 70.3 Å². The average Bonchev–Trinajstić information content (AvgIpc) is 3.31. The summed E-state index contributed by atoms with van der Waals surface area (Å²) in [7, 11) is 0. The van der Waals surface area contributed by atoms with Gasteiger partial charge in [0.25, 0.3) is 0 Å². The van der Waals surface area contributed by atoms with Crippen LogP contribution in [-0.2, 0) is 9.53 Å². The second kappa shape index (κ2) is 10.8. The predicted octanol–water partition coefficient (Wildman–Crippen LogP) is 3.16. The zero-order chi connectivity index (χ0) is 23.1. The minimum absolute atomic E-state index is 0.0311. The van der Waals surface area contributed by atoms with Crippen molar-refractivity contribution in [1.29, 1.82) is 0 Å². The Kier molecular flexibility index (Phi) is 7.86. The number of amides is 3. The van der Waals surface area contributed by atoms with Gasteiger partial charge in [0.15, 0.2) is 5.69 Å². The summed E-state index contributed by atoms with van der Waals surface area (Å²) in [5.41, 5.74) is 1.70. The van der Waals surface area contributed by atoms with Gasteiger partial charge >= 0.3 is 12.0 Å². The molecule has 0 spiro atoms. The SMILES string of the molecule is CCOC(=O)c1ccn(-c2ccc(NC(=O)C3CCN(C(=O)N(CC)CC)CC3)cc2)n1. The maximum absolute atomic E-state index is 12.7. The fourth-order valence-electron chi connectivity index (χ4n) is 3.75. The van der Waals surface area contributed by atoms with E-state index < -0.39 is 5.97 Å². The molecule has 0 radical (unpaired) electrons. The second-order valence-corrected chi connectivity index (χ2v) is 7.62. The highest BCUT2D eigenvalue weighted by Crippen LogP contribution is 2.21. The van der Waals surface area contributed by atoms with Gasteiger partial charge in [-0.25, -0.2) is 14.3 Å². The molecule has 0 saturated carbocycles. The van der Waals surface area contributed by atoms with Gasteiger partial charge in [0.2, 0.25) is 5.91 Å². The number of esters is 1. The van der Waals surface area contributed by atoms with Gasteiger partial charge in [0.05, 0.1) is 12.3 Å². The summed E-state index contributed by atoms with van der Waals surface area (Å²) in [5, 5.41) is 7.19. The molecule has 172 valence electrons. The van der Waals surface area contributed by atoms with Crippen LogP contribution in [0.3, 0.4) is 0 Å². The summed E-state index contributed by atoms with van der Waals surface area (Å²) in [6.45, 7) is 8.55. The fraction of sp³-hybridized carbons (Fsp3) is 0.478. The van der Waals surface area contributed by atoms with Crippen LogP contribution in [0, 0.1) is 5.92 Å². The van der Waals surface area contributed by atoms with Crippen molar-refractivity contribution in [2.24, 2.45) is 5.92 Å². The van der Waals surface area contributed by atoms with Crippen LogP contribution in [0.25, 0.3) is 5.69 Å². The molecular formula is C23H31N5O4. The number of urea groups is 1. The number of likely N-dealkylation sites (tertiary alicyclic amines) is 1. The normalized spacial score (nSPS) is 14.2. The van der Waals surface area contributed by atoms with Gasteiger partial charge in [0.1, 0.15) is 0 Å². The van der Waals surface area contributed by atoms with E-state index in [1.807, 2.05) is 30.9 Å². The molecule has 1 N–H and O–H groups in total. The Labute approximate surface area is 188 Å². The lowest BCUT2D eigenvalue weighted by Gasteiger charge is -2.34. The van der Waals surface area contributed by atoms with E-state index in [0.29, 0.717) is 51.3 Å². The number of rotatable bonds is 7. The third-order valence-electron chi connectivity index (χ3n) is 5.64. The predicted molar refractivity (Wildman–Crippen MR) is 121 cm³/mol. The number of hydrogen-bond acceptors (Lipinski definition) is 5. The Balaban J connectivity index is 1.53. The zero-order valence-corrected chi connectivity index (χ0v) is 18.9. The number of carbonyl (C=O) groups is 3. The summed E-state index contributed by atoms with van der Waals surface area (Å²) < 4.78 is 6.54. The lowest BCUT2D eigenvalue weighted by Crippen LogP contribution is -2.47. The first kappa shape index (κ1) is 23.3. The van der Waals surface area contributed by atoms with Gasteiger partial charge in [-0.05, 0) is 63.9 Å². The van der Waals surface area contributed by atoms with E-state index in [0.717, 1.165) is 5.69 Å². The third-order valence-corrected chi connectivity index (χ3v) is 5.64. The lowest BCUT2D eigenvalue weighted by atomic mass is 9.96. The molecule has 9 nitrogen and oxygen atoms in total. The van der Waals surface area contributed by atoms with Crippen molar-refractivity contribution in [3.05, 3.63) is 42.2 Å². The molecule has 0 bridgehead atoms. The van der Waals surface area contributed by atoms with E-state index in [4.69, 9.17) is 4.74 Å². The Morgan fingerprint density at radius 1 is 1.06 bits per heavy atom. The number of piperidine rings is 1. The Morgan fingerprint density at radius 2 is 1.72 bits per heavy atom. The van der Waals surface area contributed by atoms with Crippen LogP contribution in [0.4, 0.5) is 10.5 Å². The molecule has 0 aliphatic carbocycles. The maximum atomic E-state index is 12.7. The van der Waals surface area contributed by atoms with Crippen molar-refractivity contribution < 1.29 is 19.1 Å². The molecule has 3 rings (SSSR count). The molecule has 3 amide bonds. The number of nitrogens with zero attached hydrogens (tertiary/aromatic N) is 4. The molecule has 9 heteroatoms. The Hall–Kier alpha value is -3.36. The highest BCUT2D eigenvalue weighted by molar-refractivity contribution is 5.93. The molecule has 1 aliphatic rings. The quantitative estimate of drug-likeness (QED) is 0.666. The first-order valence-corrected chi connectivity index (χ1v) is 11.1. The molecule has 2 heterocycles. The average molecular weight is 442 g/mol. The molecule has 1 aliphatic heterocycles. The topological polar surface area (TPSA) is 96.8 Å². The van der Waals surface area contributed by atoms with Crippen molar-refractivity contribution in [3.63, 3.8) is 0 Å². The van der Waals surface area contributed by atoms with Crippen molar-refractivity contribution in [1.82, 2.24) is 19.6 Å². The van der Waals surface area contributed by atoms with Gasteiger partial charge in [-0.2, -0.15) is 5.10 Å². The maximum Gasteiger partial charge on any atom is 0.358 e. The minimum atomic E-state index is -0.458. The second-order valence-electron chi connectivity index (χ2n) is 7.62. The number of anilines is 1. The summed E-state index contributed by atoms with van der Waals surface area (Å²) in [6, 6.07) is 8.90. The minimum Gasteiger partial charge on any atom is -0.461 e. The van der Waals surface area contributed by atoms with Crippen molar-refractivity contribution >= 4 is 23.6 Å². The third kappa shape index (κ3) is 5.46. The number of carbonyl (C=O) groups excluding carboxylic acids is 3. The van der Waals surface area contributed by atoms with E-state index >= 15 is 0 Å². The van der Waals surface area contributed by atoms with Gasteiger partial charge in [-0.3, -0.25) is 4.79 Å². The molecule has 1 aromatic carbocycles. The van der Waals surface area contributed by atoms with Crippen LogP contribution in [0.2, 0.25) is 0 Å². The highest BCUT2D eigenvalue weighted by atomic mass is 16.5. The number of aromatic nitrogens is 2. The summed E-state index contributed by atoms with van der Waals surface area (Å²) in [5.74, 6) is -0.606. The Bertz CT molecular complexity index is 928. The first-order valence-electron chi connectivity index (χ1n) is 11.1. The number of hydrogen-bond donors (Lipinski definition) is 1. The van der Waals surface area contributed by atoms with Gasteiger partial charge in [-0.1, -0.05) is 0 Å². The first-order chi connectivity index (χ1) is 15.5. The number of nitrogens with one attached hydrogen (secondary N) is 1. The van der Waals surface area contributed by atoms with E-state index in [1.54, 1.807) is 40.9 Å². The lowest BCUT2D eigenvalue weighted by molar-refractivity contribution is -0.121. The number of ether oxygens (including phenoxy) is 1. The zero-order valence-electron chi connectivity index (χ0n) is 18.9. The summed E-state index contributed by atoms with van der Waals surface area (Å²) in [4.78, 5) is 40.6. The molecular weight excluding hydrogens is 410 g/mol. The van der Waals surface area contributed by atoms with Crippen LogP contribution in [0.5, 0.6) is 0 Å². The molecule has 1 saturated heterocycles. The smallest absolute Gasteiger partial charge is 0.358 e. The standard InChI is InChI=1S/C23H31N5O4/c1-4-26(5-2)23(31)27-14-11-17(12-15-27)21(29)24-18-7-9-19(10-8-18)28-16-13-20(25-28)22(30)32-6-3/h7-10,13,16-17H,4-6,11-12,14-15H2,1-3H3,(H,24,29). The van der Waals surface area contributed by atoms with E-state index in [2.05, 4.69) is 10.4 Å². The Morgan fingerprint density at radius 3 is 2.31 bits per heavy atom. The van der Waals surface area contributed by atoms with Crippen molar-refractivity contribution in [3.8, 4) is 5.69 Å². The van der Waals surface area contributed by atoms with Crippen LogP contribution >= 0.6 is 0 Å². The summed E-state index contributed by atoms with van der Waals surface area (Å²) in [6.07, 6.45) is 2.99.